The summed E-state index contributed by atoms with van der Waals surface area (Å²) in [4.78, 5) is 15.8. The van der Waals surface area contributed by atoms with E-state index in [1.165, 1.54) is 24.5 Å². The van der Waals surface area contributed by atoms with Crippen molar-refractivity contribution in [3.63, 3.8) is 0 Å². The fraction of sp³-hybridized carbons (Fsp3) is 0.320. The van der Waals surface area contributed by atoms with Crippen molar-refractivity contribution in [1.82, 2.24) is 24.8 Å². The SMILES string of the molecule is CC(C)(O)c1cccc(-n2cc(F)c3cnc(Nc4ccc(N5C[C@H]6C[C@@H]5CN6)cc4)nc32)n1. The number of hydrogen-bond acceptors (Lipinski definition) is 7. The van der Waals surface area contributed by atoms with E-state index in [-0.39, 0.29) is 0 Å². The minimum Gasteiger partial charge on any atom is -0.384 e. The summed E-state index contributed by atoms with van der Waals surface area (Å²) in [6.45, 7) is 5.41. The fourth-order valence-corrected chi connectivity index (χ4v) is 4.84. The average molecular weight is 460 g/mol. The molecule has 0 spiro atoms. The first-order valence-corrected chi connectivity index (χ1v) is 11.5. The molecule has 3 aromatic heterocycles. The topological polar surface area (TPSA) is 91.1 Å². The van der Waals surface area contributed by atoms with Crippen molar-refractivity contribution >= 4 is 28.4 Å². The molecule has 3 N–H and O–H groups in total. The highest BCUT2D eigenvalue weighted by Crippen LogP contribution is 2.31. The van der Waals surface area contributed by atoms with Gasteiger partial charge in [-0.2, -0.15) is 4.98 Å². The first kappa shape index (κ1) is 21.0. The van der Waals surface area contributed by atoms with E-state index in [1.807, 2.05) is 12.1 Å². The molecule has 174 valence electrons. The molecule has 0 radical (unpaired) electrons. The third-order valence-electron chi connectivity index (χ3n) is 6.62. The summed E-state index contributed by atoms with van der Waals surface area (Å²) in [5.74, 6) is 0.398. The van der Waals surface area contributed by atoms with E-state index in [1.54, 1.807) is 36.6 Å². The molecule has 2 saturated heterocycles. The number of aromatic nitrogens is 4. The number of anilines is 3. The number of nitrogens with zero attached hydrogens (tertiary/aromatic N) is 5. The Morgan fingerprint density at radius 1 is 1.15 bits per heavy atom. The number of halogens is 1. The maximum absolute atomic E-state index is 14.6. The summed E-state index contributed by atoms with van der Waals surface area (Å²) in [7, 11) is 0. The molecule has 2 bridgehead atoms. The molecule has 2 atom stereocenters. The Hall–Kier alpha value is -3.56. The molecule has 0 saturated carbocycles. The van der Waals surface area contributed by atoms with E-state index in [4.69, 9.17) is 0 Å². The molecule has 34 heavy (non-hydrogen) atoms. The number of hydrogen-bond donors (Lipinski definition) is 3. The van der Waals surface area contributed by atoms with Crippen molar-refractivity contribution in [3.8, 4) is 5.82 Å². The van der Waals surface area contributed by atoms with Crippen molar-refractivity contribution in [1.29, 1.82) is 0 Å². The van der Waals surface area contributed by atoms with Gasteiger partial charge < -0.3 is 20.6 Å². The van der Waals surface area contributed by atoms with E-state index in [2.05, 4.69) is 42.6 Å². The van der Waals surface area contributed by atoms with Crippen LogP contribution in [0.1, 0.15) is 26.0 Å². The zero-order valence-corrected chi connectivity index (χ0v) is 19.0. The number of rotatable bonds is 5. The van der Waals surface area contributed by atoms with Crippen LogP contribution in [0.5, 0.6) is 0 Å². The van der Waals surface area contributed by atoms with Crippen LogP contribution in [0.25, 0.3) is 16.9 Å². The van der Waals surface area contributed by atoms with Gasteiger partial charge in [-0.05, 0) is 56.7 Å². The first-order valence-electron chi connectivity index (χ1n) is 11.5. The van der Waals surface area contributed by atoms with Gasteiger partial charge in [0.1, 0.15) is 11.4 Å². The summed E-state index contributed by atoms with van der Waals surface area (Å²) in [5, 5.41) is 17.4. The largest absolute Gasteiger partial charge is 0.384 e. The Morgan fingerprint density at radius 3 is 2.68 bits per heavy atom. The Balaban J connectivity index is 1.29. The van der Waals surface area contributed by atoms with Crippen molar-refractivity contribution in [2.24, 2.45) is 0 Å². The predicted octanol–water partition coefficient (Wildman–Crippen LogP) is 3.48. The molecule has 2 aliphatic heterocycles. The van der Waals surface area contributed by atoms with Gasteiger partial charge in [0, 0.05) is 48.9 Å². The quantitative estimate of drug-likeness (QED) is 0.421. The highest BCUT2D eigenvalue weighted by Gasteiger charge is 2.37. The van der Waals surface area contributed by atoms with Crippen LogP contribution >= 0.6 is 0 Å². The standard InChI is InChI=1S/C25H26FN7O/c1-25(2,34)21-4-3-5-22(30-21)33-14-20(26)19-12-28-24(31-23(19)33)29-15-6-8-17(9-7-15)32-13-16-10-18(32)11-27-16/h3-9,12,14,16,18,27,34H,10-11,13H2,1-2H3,(H,28,29,31)/t16-,18-/m1/s1. The molecular formula is C25H26FN7O. The third-order valence-corrected chi connectivity index (χ3v) is 6.62. The van der Waals surface area contributed by atoms with Crippen LogP contribution in [0, 0.1) is 5.82 Å². The second-order valence-electron chi connectivity index (χ2n) is 9.54. The highest BCUT2D eigenvalue weighted by atomic mass is 19.1. The molecule has 1 aromatic carbocycles. The van der Waals surface area contributed by atoms with Crippen LogP contribution in [0.4, 0.5) is 21.7 Å². The number of aliphatic hydroxyl groups is 1. The molecule has 0 amide bonds. The fourth-order valence-electron chi connectivity index (χ4n) is 4.84. The third kappa shape index (κ3) is 3.66. The van der Waals surface area contributed by atoms with E-state index in [0.29, 0.717) is 40.6 Å². The number of benzene rings is 1. The number of nitrogens with one attached hydrogen (secondary N) is 2. The Kier molecular flexibility index (Phi) is 4.79. The second-order valence-corrected chi connectivity index (χ2v) is 9.54. The number of fused-ring (bicyclic) bond motifs is 3. The van der Waals surface area contributed by atoms with Crippen LogP contribution in [0.2, 0.25) is 0 Å². The van der Waals surface area contributed by atoms with Crippen LogP contribution in [0.3, 0.4) is 0 Å². The summed E-state index contributed by atoms with van der Waals surface area (Å²) in [5.41, 5.74) is 1.83. The van der Waals surface area contributed by atoms with Crippen molar-refractivity contribution < 1.29 is 9.50 Å². The van der Waals surface area contributed by atoms with Gasteiger partial charge in [0.2, 0.25) is 5.95 Å². The van der Waals surface area contributed by atoms with E-state index in [9.17, 15) is 9.50 Å². The number of piperazine rings is 1. The van der Waals surface area contributed by atoms with Gasteiger partial charge in [-0.25, -0.2) is 14.4 Å². The molecule has 5 heterocycles. The summed E-state index contributed by atoms with van der Waals surface area (Å²) in [6.07, 6.45) is 4.02. The lowest BCUT2D eigenvalue weighted by Gasteiger charge is -2.29. The molecule has 2 aliphatic rings. The molecule has 8 nitrogen and oxygen atoms in total. The lowest BCUT2D eigenvalue weighted by molar-refractivity contribution is 0.0738. The van der Waals surface area contributed by atoms with Gasteiger partial charge in [-0.15, -0.1) is 0 Å². The van der Waals surface area contributed by atoms with E-state index in [0.717, 1.165) is 18.8 Å². The lowest BCUT2D eigenvalue weighted by atomic mass is 10.1. The van der Waals surface area contributed by atoms with Crippen molar-refractivity contribution in [3.05, 3.63) is 66.4 Å². The maximum atomic E-state index is 14.6. The molecule has 0 aliphatic carbocycles. The van der Waals surface area contributed by atoms with Crippen LogP contribution in [-0.4, -0.2) is 49.8 Å². The zero-order valence-electron chi connectivity index (χ0n) is 19.0. The van der Waals surface area contributed by atoms with Gasteiger partial charge >= 0.3 is 0 Å². The van der Waals surface area contributed by atoms with E-state index >= 15 is 0 Å². The Bertz CT molecular complexity index is 1360. The van der Waals surface area contributed by atoms with Crippen LogP contribution in [-0.2, 0) is 5.60 Å². The predicted molar refractivity (Wildman–Crippen MR) is 129 cm³/mol. The van der Waals surface area contributed by atoms with E-state index < -0.39 is 11.4 Å². The van der Waals surface area contributed by atoms with Crippen LogP contribution < -0.4 is 15.5 Å². The average Bonchev–Trinajstić information content (AvgIpc) is 3.54. The minimum atomic E-state index is -1.11. The second kappa shape index (κ2) is 7.75. The van der Waals surface area contributed by atoms with Crippen molar-refractivity contribution in [2.75, 3.05) is 23.3 Å². The molecule has 2 fully saturated rings. The van der Waals surface area contributed by atoms with Crippen molar-refractivity contribution in [2.45, 2.75) is 38.0 Å². The molecule has 9 heteroatoms. The maximum Gasteiger partial charge on any atom is 0.229 e. The smallest absolute Gasteiger partial charge is 0.229 e. The Morgan fingerprint density at radius 2 is 1.97 bits per heavy atom. The van der Waals surface area contributed by atoms with Gasteiger partial charge in [-0.3, -0.25) is 4.57 Å². The lowest BCUT2D eigenvalue weighted by Crippen LogP contribution is -2.43. The molecule has 4 aromatic rings. The van der Waals surface area contributed by atoms with Gasteiger partial charge in [0.25, 0.3) is 0 Å². The highest BCUT2D eigenvalue weighted by molar-refractivity contribution is 5.79. The molecule has 6 rings (SSSR count). The molecular weight excluding hydrogens is 433 g/mol. The van der Waals surface area contributed by atoms with Gasteiger partial charge in [-0.1, -0.05) is 6.07 Å². The first-order chi connectivity index (χ1) is 16.3. The summed E-state index contributed by atoms with van der Waals surface area (Å²) in [6, 6.07) is 14.7. The monoisotopic (exact) mass is 459 g/mol. The zero-order chi connectivity index (χ0) is 23.4. The Labute approximate surface area is 196 Å². The van der Waals surface area contributed by atoms with Gasteiger partial charge in [0.05, 0.1) is 11.1 Å². The normalized spacial score (nSPS) is 19.8. The molecule has 0 unspecified atom stereocenters. The summed E-state index contributed by atoms with van der Waals surface area (Å²) >= 11 is 0. The van der Waals surface area contributed by atoms with Crippen LogP contribution in [0.15, 0.2) is 54.9 Å². The number of pyridine rings is 1. The van der Waals surface area contributed by atoms with Gasteiger partial charge in [0.15, 0.2) is 11.5 Å². The summed E-state index contributed by atoms with van der Waals surface area (Å²) < 4.78 is 16.2. The minimum absolute atomic E-state index is 0.300.